The van der Waals surface area contributed by atoms with Gasteiger partial charge in [-0.2, -0.15) is 4.37 Å². The summed E-state index contributed by atoms with van der Waals surface area (Å²) in [5.41, 5.74) is 5.92. The van der Waals surface area contributed by atoms with E-state index in [1.54, 1.807) is 13.8 Å². The van der Waals surface area contributed by atoms with Crippen LogP contribution in [0.1, 0.15) is 37.0 Å². The van der Waals surface area contributed by atoms with E-state index in [2.05, 4.69) is 9.69 Å². The smallest absolute Gasteiger partial charge is 0.344 e. The van der Waals surface area contributed by atoms with Crippen molar-refractivity contribution in [2.45, 2.75) is 32.7 Å². The molecule has 0 bridgehead atoms. The van der Waals surface area contributed by atoms with E-state index in [9.17, 15) is 9.59 Å². The van der Waals surface area contributed by atoms with Gasteiger partial charge in [-0.1, -0.05) is 0 Å². The van der Waals surface area contributed by atoms with Crippen molar-refractivity contribution in [1.29, 1.82) is 0 Å². The number of esters is 1. The molecule has 1 amide bonds. The van der Waals surface area contributed by atoms with Gasteiger partial charge in [0.25, 0.3) is 0 Å². The molecule has 3 N–H and O–H groups in total. The van der Waals surface area contributed by atoms with Crippen LogP contribution in [0.25, 0.3) is 0 Å². The summed E-state index contributed by atoms with van der Waals surface area (Å²) in [6.07, 6.45) is 2.08. The highest BCUT2D eigenvalue weighted by molar-refractivity contribution is 7.11. The summed E-state index contributed by atoms with van der Waals surface area (Å²) < 4.78 is 8.92. The van der Waals surface area contributed by atoms with Crippen molar-refractivity contribution in [3.05, 3.63) is 5.56 Å². The van der Waals surface area contributed by atoms with Crippen LogP contribution < -0.4 is 11.1 Å². The Kier molecular flexibility index (Phi) is 5.00. The van der Waals surface area contributed by atoms with Gasteiger partial charge < -0.3 is 20.7 Å². The molecule has 2 rings (SSSR count). The molecule has 1 aromatic heterocycles. The maximum Gasteiger partial charge on any atom is 0.344 e. The number of nitrogens with one attached hydrogen (secondary N) is 1. The van der Waals surface area contributed by atoms with Gasteiger partial charge in [-0.3, -0.25) is 4.79 Å². The first kappa shape index (κ1) is 15.6. The standard InChI is InChI=1S/C13H20N4O3S/c1-3-20-13(19)9-10(14)16-21-11(9)15-8(2)12(18)17-6-4-5-7-17/h8,15H,3-7H2,1-2H3,(H2,14,16). The summed E-state index contributed by atoms with van der Waals surface area (Å²) in [5, 5.41) is 3.51. The number of carbonyl (C=O) groups excluding carboxylic acids is 2. The Balaban J connectivity index is 2.08. The molecule has 1 unspecified atom stereocenters. The molecular weight excluding hydrogens is 292 g/mol. The Morgan fingerprint density at radius 1 is 1.48 bits per heavy atom. The quantitative estimate of drug-likeness (QED) is 0.796. The minimum atomic E-state index is -0.521. The van der Waals surface area contributed by atoms with E-state index < -0.39 is 12.0 Å². The molecule has 1 saturated heterocycles. The highest BCUT2D eigenvalue weighted by atomic mass is 32.1. The molecule has 21 heavy (non-hydrogen) atoms. The number of aromatic nitrogens is 1. The highest BCUT2D eigenvalue weighted by Gasteiger charge is 2.26. The number of carbonyl (C=O) groups is 2. The predicted octanol–water partition coefficient (Wildman–Crippen LogP) is 1.32. The van der Waals surface area contributed by atoms with Crippen LogP contribution in [0.4, 0.5) is 10.8 Å². The molecule has 1 aliphatic heterocycles. The van der Waals surface area contributed by atoms with Crippen LogP contribution in [0.5, 0.6) is 0 Å². The molecule has 0 aliphatic carbocycles. The molecule has 1 fully saturated rings. The Hall–Kier alpha value is -1.83. The molecule has 1 aromatic rings. The van der Waals surface area contributed by atoms with Crippen molar-refractivity contribution in [3.8, 4) is 0 Å². The number of nitrogen functional groups attached to an aromatic ring is 1. The maximum absolute atomic E-state index is 12.3. The average molecular weight is 312 g/mol. The van der Waals surface area contributed by atoms with E-state index in [1.807, 2.05) is 4.90 Å². The SMILES string of the molecule is CCOC(=O)c1c(N)nsc1NC(C)C(=O)N1CCCC1. The molecule has 0 radical (unpaired) electrons. The molecule has 1 aliphatic rings. The second-order valence-electron chi connectivity index (χ2n) is 4.89. The van der Waals surface area contributed by atoms with Gasteiger partial charge >= 0.3 is 5.97 Å². The van der Waals surface area contributed by atoms with Gasteiger partial charge in [-0.25, -0.2) is 4.79 Å². The van der Waals surface area contributed by atoms with Gasteiger partial charge in [0.1, 0.15) is 16.6 Å². The number of likely N-dealkylation sites (tertiary alicyclic amines) is 1. The van der Waals surface area contributed by atoms with E-state index in [0.717, 1.165) is 37.5 Å². The Morgan fingerprint density at radius 3 is 2.76 bits per heavy atom. The molecule has 2 heterocycles. The number of amides is 1. The van der Waals surface area contributed by atoms with Crippen molar-refractivity contribution in [3.63, 3.8) is 0 Å². The Morgan fingerprint density at radius 2 is 2.14 bits per heavy atom. The maximum atomic E-state index is 12.3. The third kappa shape index (κ3) is 3.44. The molecule has 0 spiro atoms. The van der Waals surface area contributed by atoms with E-state index in [-0.39, 0.29) is 23.9 Å². The Bertz CT molecular complexity index is 525. The number of ether oxygens (including phenoxy) is 1. The van der Waals surface area contributed by atoms with Gasteiger partial charge in [-0.05, 0) is 38.2 Å². The van der Waals surface area contributed by atoms with Crippen LogP contribution in [0.2, 0.25) is 0 Å². The summed E-state index contributed by atoms with van der Waals surface area (Å²) in [6, 6.07) is -0.434. The van der Waals surface area contributed by atoms with Crippen molar-refractivity contribution < 1.29 is 14.3 Å². The summed E-state index contributed by atoms with van der Waals surface area (Å²) in [7, 11) is 0. The number of nitrogens with two attached hydrogens (primary N) is 1. The summed E-state index contributed by atoms with van der Waals surface area (Å²) in [5.74, 6) is -0.372. The lowest BCUT2D eigenvalue weighted by molar-refractivity contribution is -0.130. The first-order valence-corrected chi connectivity index (χ1v) is 7.79. The normalized spacial score (nSPS) is 15.8. The molecule has 7 nitrogen and oxygen atoms in total. The number of hydrogen-bond donors (Lipinski definition) is 2. The second-order valence-corrected chi connectivity index (χ2v) is 5.66. The van der Waals surface area contributed by atoms with Gasteiger partial charge in [0.15, 0.2) is 5.82 Å². The summed E-state index contributed by atoms with van der Waals surface area (Å²) >= 11 is 1.06. The first-order valence-electron chi connectivity index (χ1n) is 7.02. The first-order chi connectivity index (χ1) is 10.0. The minimum absolute atomic E-state index is 0.0225. The van der Waals surface area contributed by atoms with E-state index in [0.29, 0.717) is 5.00 Å². The monoisotopic (exact) mass is 312 g/mol. The van der Waals surface area contributed by atoms with Gasteiger partial charge in [0.2, 0.25) is 5.91 Å². The lowest BCUT2D eigenvalue weighted by Gasteiger charge is -2.21. The van der Waals surface area contributed by atoms with E-state index >= 15 is 0 Å². The zero-order chi connectivity index (χ0) is 15.4. The van der Waals surface area contributed by atoms with Crippen molar-refractivity contribution in [2.24, 2.45) is 0 Å². The second kappa shape index (κ2) is 6.75. The third-order valence-corrected chi connectivity index (χ3v) is 4.13. The molecule has 0 aromatic carbocycles. The fourth-order valence-corrected chi connectivity index (χ4v) is 3.06. The van der Waals surface area contributed by atoms with Crippen LogP contribution in [0, 0.1) is 0 Å². The fourth-order valence-electron chi connectivity index (χ4n) is 2.27. The van der Waals surface area contributed by atoms with E-state index in [1.165, 1.54) is 0 Å². The summed E-state index contributed by atoms with van der Waals surface area (Å²) in [6.45, 7) is 5.34. The molecule has 0 saturated carbocycles. The molecule has 116 valence electrons. The fraction of sp³-hybridized carbons (Fsp3) is 0.615. The zero-order valence-corrected chi connectivity index (χ0v) is 13.0. The molecule has 1 atom stereocenters. The van der Waals surface area contributed by atoms with Gasteiger partial charge in [-0.15, -0.1) is 0 Å². The van der Waals surface area contributed by atoms with Crippen LogP contribution in [0.3, 0.4) is 0 Å². The van der Waals surface area contributed by atoms with Gasteiger partial charge in [0.05, 0.1) is 6.61 Å². The van der Waals surface area contributed by atoms with Crippen LogP contribution in [-0.2, 0) is 9.53 Å². The van der Waals surface area contributed by atoms with E-state index in [4.69, 9.17) is 10.5 Å². The van der Waals surface area contributed by atoms with Crippen LogP contribution in [-0.4, -0.2) is 46.9 Å². The number of anilines is 2. The average Bonchev–Trinajstić information content (AvgIpc) is 3.08. The van der Waals surface area contributed by atoms with Crippen LogP contribution >= 0.6 is 11.5 Å². The van der Waals surface area contributed by atoms with Crippen molar-refractivity contribution in [1.82, 2.24) is 9.27 Å². The largest absolute Gasteiger partial charge is 0.462 e. The van der Waals surface area contributed by atoms with Crippen molar-refractivity contribution in [2.75, 3.05) is 30.7 Å². The highest BCUT2D eigenvalue weighted by Crippen LogP contribution is 2.28. The number of hydrogen-bond acceptors (Lipinski definition) is 7. The van der Waals surface area contributed by atoms with Crippen LogP contribution in [0.15, 0.2) is 0 Å². The topological polar surface area (TPSA) is 97.5 Å². The Labute approximate surface area is 127 Å². The lowest BCUT2D eigenvalue weighted by Crippen LogP contribution is -2.39. The molecular formula is C13H20N4O3S. The number of nitrogens with zero attached hydrogens (tertiary/aromatic N) is 2. The lowest BCUT2D eigenvalue weighted by atomic mass is 10.2. The third-order valence-electron chi connectivity index (χ3n) is 3.33. The van der Waals surface area contributed by atoms with Crippen molar-refractivity contribution >= 4 is 34.2 Å². The minimum Gasteiger partial charge on any atom is -0.462 e. The van der Waals surface area contributed by atoms with Gasteiger partial charge in [0, 0.05) is 13.1 Å². The molecule has 8 heteroatoms. The summed E-state index contributed by atoms with van der Waals surface area (Å²) in [4.78, 5) is 26.0. The zero-order valence-electron chi connectivity index (χ0n) is 12.2. The predicted molar refractivity (Wildman–Crippen MR) is 81.4 cm³/mol. The number of rotatable bonds is 5.